The highest BCUT2D eigenvalue weighted by Crippen LogP contribution is 2.31. The summed E-state index contributed by atoms with van der Waals surface area (Å²) in [4.78, 5) is 22.3. The molecule has 0 spiro atoms. The van der Waals surface area contributed by atoms with Gasteiger partial charge in [0.15, 0.2) is 0 Å². The minimum Gasteiger partial charge on any atom is -0.477 e. The Hall–Kier alpha value is -1.92. The number of nitrogens with one attached hydrogen (secondary N) is 1. The molecule has 0 fully saturated rings. The molecule has 6 heteroatoms. The number of carboxylic acids is 1. The van der Waals surface area contributed by atoms with Gasteiger partial charge in [0.05, 0.1) is 0 Å². The van der Waals surface area contributed by atoms with Gasteiger partial charge in [0, 0.05) is 17.7 Å². The Morgan fingerprint density at radius 1 is 1.30 bits per heavy atom. The number of hydrogen-bond acceptors (Lipinski definition) is 4. The maximum Gasteiger partial charge on any atom is 0.346 e. The molecule has 1 aromatic heterocycles. The molecule has 0 aliphatic heterocycles. The van der Waals surface area contributed by atoms with Gasteiger partial charge in [-0.3, -0.25) is 4.79 Å². The van der Waals surface area contributed by atoms with Crippen LogP contribution < -0.4 is 11.1 Å². The zero-order valence-electron chi connectivity index (χ0n) is 10.9. The van der Waals surface area contributed by atoms with Crippen molar-refractivity contribution in [1.82, 2.24) is 5.32 Å². The number of benzene rings is 1. The van der Waals surface area contributed by atoms with Crippen molar-refractivity contribution < 1.29 is 14.7 Å². The van der Waals surface area contributed by atoms with Crippen LogP contribution >= 0.6 is 11.3 Å². The number of rotatable bonds is 7. The van der Waals surface area contributed by atoms with Gasteiger partial charge in [0.1, 0.15) is 4.88 Å². The van der Waals surface area contributed by atoms with E-state index >= 15 is 0 Å². The average molecular weight is 292 g/mol. The lowest BCUT2D eigenvalue weighted by Crippen LogP contribution is -2.19. The van der Waals surface area contributed by atoms with Crippen molar-refractivity contribution in [3.63, 3.8) is 0 Å². The largest absolute Gasteiger partial charge is 0.477 e. The minimum absolute atomic E-state index is 0.320. The highest BCUT2D eigenvalue weighted by Gasteiger charge is 2.16. The number of thiophene rings is 1. The van der Waals surface area contributed by atoms with Crippen molar-refractivity contribution in [2.24, 2.45) is 5.73 Å². The molecule has 20 heavy (non-hydrogen) atoms. The summed E-state index contributed by atoms with van der Waals surface area (Å²) in [6, 6.07) is 7.65. The van der Waals surface area contributed by atoms with E-state index < -0.39 is 5.97 Å². The SMILES string of the molecule is NC(=O)CCCNCc1c(C(=O)O)sc2ccccc12. The lowest BCUT2D eigenvalue weighted by atomic mass is 10.1. The van der Waals surface area contributed by atoms with E-state index in [-0.39, 0.29) is 5.91 Å². The monoisotopic (exact) mass is 292 g/mol. The van der Waals surface area contributed by atoms with Gasteiger partial charge in [0.25, 0.3) is 0 Å². The summed E-state index contributed by atoms with van der Waals surface area (Å²) in [6.45, 7) is 1.11. The van der Waals surface area contributed by atoms with Crippen molar-refractivity contribution in [2.45, 2.75) is 19.4 Å². The molecule has 2 rings (SSSR count). The quantitative estimate of drug-likeness (QED) is 0.680. The molecule has 1 amide bonds. The molecule has 1 heterocycles. The van der Waals surface area contributed by atoms with Crippen molar-refractivity contribution >= 4 is 33.3 Å². The summed E-state index contributed by atoms with van der Waals surface area (Å²) in [5.41, 5.74) is 5.87. The van der Waals surface area contributed by atoms with Gasteiger partial charge in [-0.2, -0.15) is 0 Å². The predicted molar refractivity (Wildman–Crippen MR) is 78.9 cm³/mol. The second-order valence-electron chi connectivity index (χ2n) is 4.46. The first-order valence-corrected chi connectivity index (χ1v) is 7.14. The predicted octanol–water partition coefficient (Wildman–Crippen LogP) is 1.95. The minimum atomic E-state index is -0.903. The van der Waals surface area contributed by atoms with Crippen LogP contribution in [0.5, 0.6) is 0 Å². The number of carboxylic acid groups (broad SMARTS) is 1. The normalized spacial score (nSPS) is 10.8. The van der Waals surface area contributed by atoms with Gasteiger partial charge >= 0.3 is 5.97 Å². The van der Waals surface area contributed by atoms with E-state index in [0.29, 0.717) is 30.8 Å². The Morgan fingerprint density at radius 3 is 2.75 bits per heavy atom. The van der Waals surface area contributed by atoms with E-state index in [0.717, 1.165) is 15.6 Å². The van der Waals surface area contributed by atoms with Gasteiger partial charge in [0.2, 0.25) is 5.91 Å². The Bertz CT molecular complexity index is 636. The number of fused-ring (bicyclic) bond motifs is 1. The van der Waals surface area contributed by atoms with Crippen LogP contribution in [0.1, 0.15) is 28.1 Å². The fourth-order valence-corrected chi connectivity index (χ4v) is 3.11. The lowest BCUT2D eigenvalue weighted by molar-refractivity contribution is -0.118. The summed E-state index contributed by atoms with van der Waals surface area (Å²) in [6.07, 6.45) is 0.989. The highest BCUT2D eigenvalue weighted by atomic mass is 32.1. The maximum atomic E-state index is 11.3. The first kappa shape index (κ1) is 14.5. The number of amides is 1. The van der Waals surface area contributed by atoms with Crippen molar-refractivity contribution in [1.29, 1.82) is 0 Å². The molecule has 106 valence electrons. The number of aromatic carboxylic acids is 1. The second-order valence-corrected chi connectivity index (χ2v) is 5.51. The first-order valence-electron chi connectivity index (χ1n) is 6.32. The molecule has 0 aliphatic carbocycles. The third-order valence-electron chi connectivity index (χ3n) is 2.97. The Morgan fingerprint density at radius 2 is 2.05 bits per heavy atom. The highest BCUT2D eigenvalue weighted by molar-refractivity contribution is 7.21. The molecule has 0 saturated heterocycles. The number of carbonyl (C=O) groups is 2. The summed E-state index contributed by atoms with van der Waals surface area (Å²) in [7, 11) is 0. The van der Waals surface area contributed by atoms with Gasteiger partial charge in [-0.1, -0.05) is 18.2 Å². The fraction of sp³-hybridized carbons (Fsp3) is 0.286. The summed E-state index contributed by atoms with van der Waals surface area (Å²) >= 11 is 1.29. The van der Waals surface area contributed by atoms with Crippen LogP contribution in [0.25, 0.3) is 10.1 Å². The molecule has 0 bridgehead atoms. The van der Waals surface area contributed by atoms with E-state index in [2.05, 4.69) is 5.32 Å². The molecule has 5 nitrogen and oxygen atoms in total. The Labute approximate surface area is 120 Å². The van der Waals surface area contributed by atoms with Gasteiger partial charge in [-0.25, -0.2) is 4.79 Å². The fourth-order valence-electron chi connectivity index (χ4n) is 2.05. The van der Waals surface area contributed by atoms with Crippen LogP contribution in [-0.2, 0) is 11.3 Å². The van der Waals surface area contributed by atoms with Crippen LogP contribution in [0, 0.1) is 0 Å². The van der Waals surface area contributed by atoms with E-state index in [1.807, 2.05) is 24.3 Å². The number of primary amides is 1. The molecule has 0 aliphatic rings. The van der Waals surface area contributed by atoms with Crippen molar-refractivity contribution in [3.8, 4) is 0 Å². The van der Waals surface area contributed by atoms with Crippen LogP contribution in [0.3, 0.4) is 0 Å². The van der Waals surface area contributed by atoms with Crippen molar-refractivity contribution in [3.05, 3.63) is 34.7 Å². The number of carbonyl (C=O) groups excluding carboxylic acids is 1. The van der Waals surface area contributed by atoms with Crippen molar-refractivity contribution in [2.75, 3.05) is 6.54 Å². The lowest BCUT2D eigenvalue weighted by Gasteiger charge is -2.04. The molecule has 0 unspecified atom stereocenters. The molecule has 0 saturated carbocycles. The van der Waals surface area contributed by atoms with Gasteiger partial charge < -0.3 is 16.2 Å². The van der Waals surface area contributed by atoms with Gasteiger partial charge in [-0.15, -0.1) is 11.3 Å². The Kier molecular flexibility index (Phi) is 4.70. The summed E-state index contributed by atoms with van der Waals surface area (Å²) in [5, 5.41) is 13.4. The molecular weight excluding hydrogens is 276 g/mol. The molecular formula is C14H16N2O3S. The van der Waals surface area contributed by atoms with Gasteiger partial charge in [-0.05, 0) is 30.0 Å². The van der Waals surface area contributed by atoms with E-state index in [1.165, 1.54) is 11.3 Å². The molecule has 0 radical (unpaired) electrons. The van der Waals surface area contributed by atoms with E-state index in [4.69, 9.17) is 5.73 Å². The Balaban J connectivity index is 2.09. The summed E-state index contributed by atoms with van der Waals surface area (Å²) < 4.78 is 0.971. The molecule has 2 aromatic rings. The first-order chi connectivity index (χ1) is 9.59. The zero-order chi connectivity index (χ0) is 14.5. The molecule has 4 N–H and O–H groups in total. The molecule has 1 aromatic carbocycles. The smallest absolute Gasteiger partial charge is 0.346 e. The van der Waals surface area contributed by atoms with E-state index in [1.54, 1.807) is 0 Å². The second kappa shape index (κ2) is 6.49. The van der Waals surface area contributed by atoms with E-state index in [9.17, 15) is 14.7 Å². The number of nitrogens with two attached hydrogens (primary N) is 1. The zero-order valence-corrected chi connectivity index (χ0v) is 11.7. The van der Waals surface area contributed by atoms with Crippen LogP contribution in [0.4, 0.5) is 0 Å². The number of hydrogen-bond donors (Lipinski definition) is 3. The van der Waals surface area contributed by atoms with Crippen LogP contribution in [-0.4, -0.2) is 23.5 Å². The summed E-state index contributed by atoms with van der Waals surface area (Å²) in [5.74, 6) is -1.22. The average Bonchev–Trinajstić information content (AvgIpc) is 2.77. The molecule has 0 atom stereocenters. The third kappa shape index (κ3) is 3.34. The van der Waals surface area contributed by atoms with Crippen LogP contribution in [0.2, 0.25) is 0 Å². The topological polar surface area (TPSA) is 92.4 Å². The maximum absolute atomic E-state index is 11.3. The standard InChI is InChI=1S/C14H16N2O3S/c15-12(17)6-3-7-16-8-10-9-4-1-2-5-11(9)20-13(10)14(18)19/h1-2,4-5,16H,3,6-8H2,(H2,15,17)(H,18,19). The van der Waals surface area contributed by atoms with Crippen LogP contribution in [0.15, 0.2) is 24.3 Å². The third-order valence-corrected chi connectivity index (χ3v) is 4.17.